The molecule has 106 valence electrons. The van der Waals surface area contributed by atoms with Gasteiger partial charge in [-0.15, -0.1) is 0 Å². The number of rotatable bonds is 7. The first-order valence-corrected chi connectivity index (χ1v) is 6.70. The first-order valence-electron chi connectivity index (χ1n) is 6.70. The van der Waals surface area contributed by atoms with Crippen LogP contribution in [-0.2, 0) is 16.1 Å². The van der Waals surface area contributed by atoms with Crippen molar-refractivity contribution in [3.8, 4) is 0 Å². The summed E-state index contributed by atoms with van der Waals surface area (Å²) in [4.78, 5) is 14.1. The fourth-order valence-electron chi connectivity index (χ4n) is 2.01. The van der Waals surface area contributed by atoms with Gasteiger partial charge in [0.15, 0.2) is 0 Å². The van der Waals surface area contributed by atoms with Gasteiger partial charge < -0.3 is 15.4 Å². The van der Waals surface area contributed by atoms with Gasteiger partial charge in [0, 0.05) is 38.4 Å². The van der Waals surface area contributed by atoms with Crippen LogP contribution in [0.4, 0.5) is 5.69 Å². The maximum absolute atomic E-state index is 12.3. The number of hydrogen-bond donors (Lipinski definition) is 1. The lowest BCUT2D eigenvalue weighted by Crippen LogP contribution is -2.37. The van der Waals surface area contributed by atoms with Crippen LogP contribution >= 0.6 is 0 Å². The van der Waals surface area contributed by atoms with Gasteiger partial charge in [-0.05, 0) is 38.0 Å². The van der Waals surface area contributed by atoms with E-state index < -0.39 is 0 Å². The zero-order chi connectivity index (χ0) is 14.3. The second kappa shape index (κ2) is 7.92. The van der Waals surface area contributed by atoms with Gasteiger partial charge in [0.25, 0.3) is 0 Å². The predicted molar refractivity (Wildman–Crippen MR) is 78.1 cm³/mol. The average molecular weight is 264 g/mol. The molecule has 2 N–H and O–H groups in total. The minimum absolute atomic E-state index is 0.132. The molecule has 1 rings (SSSR count). The summed E-state index contributed by atoms with van der Waals surface area (Å²) < 4.78 is 4.98. The number of anilines is 1. The maximum atomic E-state index is 12.3. The Bertz CT molecular complexity index is 388. The molecule has 19 heavy (non-hydrogen) atoms. The molecule has 1 aromatic rings. The van der Waals surface area contributed by atoms with Crippen molar-refractivity contribution in [1.29, 1.82) is 0 Å². The van der Waals surface area contributed by atoms with Crippen molar-refractivity contribution >= 4 is 11.6 Å². The Hall–Kier alpha value is -1.39. The number of carbonyl (C=O) groups excluding carboxylic acids is 1. The monoisotopic (exact) mass is 264 g/mol. The van der Waals surface area contributed by atoms with Crippen LogP contribution in [0.25, 0.3) is 0 Å². The van der Waals surface area contributed by atoms with E-state index in [1.807, 2.05) is 43.0 Å². The summed E-state index contributed by atoms with van der Waals surface area (Å²) in [5.74, 6) is 0.132. The lowest BCUT2D eigenvalue weighted by molar-refractivity contribution is -0.119. The van der Waals surface area contributed by atoms with Gasteiger partial charge in [0.05, 0.1) is 0 Å². The van der Waals surface area contributed by atoms with Crippen molar-refractivity contribution in [2.45, 2.75) is 39.3 Å². The maximum Gasteiger partial charge on any atom is 0.227 e. The zero-order valence-electron chi connectivity index (χ0n) is 12.1. The van der Waals surface area contributed by atoms with E-state index in [-0.39, 0.29) is 11.9 Å². The van der Waals surface area contributed by atoms with Gasteiger partial charge in [-0.25, -0.2) is 0 Å². The lowest BCUT2D eigenvalue weighted by atomic mass is 10.1. The molecule has 0 radical (unpaired) electrons. The predicted octanol–water partition coefficient (Wildman–Crippen LogP) is 2.31. The van der Waals surface area contributed by atoms with E-state index in [9.17, 15) is 4.79 Å². The number of methoxy groups -OCH3 is 1. The molecule has 0 saturated carbocycles. The molecule has 0 aliphatic rings. The summed E-state index contributed by atoms with van der Waals surface area (Å²) in [6.45, 7) is 5.17. The van der Waals surface area contributed by atoms with E-state index in [4.69, 9.17) is 10.5 Å². The molecule has 0 saturated heterocycles. The van der Waals surface area contributed by atoms with Gasteiger partial charge in [-0.1, -0.05) is 12.1 Å². The Morgan fingerprint density at radius 2 is 1.95 bits per heavy atom. The van der Waals surface area contributed by atoms with Crippen LogP contribution in [0.15, 0.2) is 24.3 Å². The van der Waals surface area contributed by atoms with Crippen molar-refractivity contribution in [3.05, 3.63) is 29.8 Å². The molecular formula is C15H24N2O2. The van der Waals surface area contributed by atoms with Crippen molar-refractivity contribution in [3.63, 3.8) is 0 Å². The molecule has 0 fully saturated rings. The third-order valence-corrected chi connectivity index (χ3v) is 2.97. The van der Waals surface area contributed by atoms with Gasteiger partial charge in [0.1, 0.15) is 0 Å². The quantitative estimate of drug-likeness (QED) is 0.769. The van der Waals surface area contributed by atoms with Crippen LogP contribution in [0.2, 0.25) is 0 Å². The molecule has 0 aromatic heterocycles. The molecule has 0 aliphatic heterocycles. The number of hydrogen-bond acceptors (Lipinski definition) is 3. The Morgan fingerprint density at radius 1 is 1.32 bits per heavy atom. The molecule has 4 heteroatoms. The summed E-state index contributed by atoms with van der Waals surface area (Å²) in [6.07, 6.45) is 1.25. The number of ether oxygens (including phenoxy) is 1. The van der Waals surface area contributed by atoms with Crippen molar-refractivity contribution in [1.82, 2.24) is 0 Å². The lowest BCUT2D eigenvalue weighted by Gasteiger charge is -2.27. The van der Waals surface area contributed by atoms with Crippen LogP contribution in [0.1, 0.15) is 32.3 Å². The Kier molecular flexibility index (Phi) is 6.53. The number of nitrogens with zero attached hydrogens (tertiary/aromatic N) is 1. The number of amides is 1. The minimum Gasteiger partial charge on any atom is -0.385 e. The molecule has 0 heterocycles. The molecular weight excluding hydrogens is 240 g/mol. The SMILES string of the molecule is COCCCC(=O)N(c1ccc(CN)cc1)C(C)C. The highest BCUT2D eigenvalue weighted by Gasteiger charge is 2.18. The number of nitrogens with two attached hydrogens (primary N) is 1. The van der Waals surface area contributed by atoms with Gasteiger partial charge >= 0.3 is 0 Å². The minimum atomic E-state index is 0.132. The van der Waals surface area contributed by atoms with Crippen molar-refractivity contribution in [2.75, 3.05) is 18.6 Å². The van der Waals surface area contributed by atoms with E-state index in [0.717, 1.165) is 17.7 Å². The smallest absolute Gasteiger partial charge is 0.227 e. The standard InChI is InChI=1S/C15H24N2O2/c1-12(2)17(15(18)5-4-10-19-3)14-8-6-13(11-16)7-9-14/h6-9,12H,4-5,10-11,16H2,1-3H3. The van der Waals surface area contributed by atoms with Crippen molar-refractivity contribution < 1.29 is 9.53 Å². The van der Waals surface area contributed by atoms with Crippen LogP contribution in [0.3, 0.4) is 0 Å². The Morgan fingerprint density at radius 3 is 2.42 bits per heavy atom. The Labute approximate surface area is 115 Å². The van der Waals surface area contributed by atoms with E-state index in [1.54, 1.807) is 7.11 Å². The van der Waals surface area contributed by atoms with Crippen LogP contribution in [-0.4, -0.2) is 25.7 Å². The molecule has 4 nitrogen and oxygen atoms in total. The second-order valence-electron chi connectivity index (χ2n) is 4.82. The van der Waals surface area contributed by atoms with Crippen LogP contribution < -0.4 is 10.6 Å². The molecule has 1 amide bonds. The molecule has 1 aromatic carbocycles. The number of benzene rings is 1. The van der Waals surface area contributed by atoms with Crippen LogP contribution in [0.5, 0.6) is 0 Å². The summed E-state index contributed by atoms with van der Waals surface area (Å²) >= 11 is 0. The fourth-order valence-corrected chi connectivity index (χ4v) is 2.01. The fraction of sp³-hybridized carbons (Fsp3) is 0.533. The topological polar surface area (TPSA) is 55.6 Å². The summed E-state index contributed by atoms with van der Waals surface area (Å²) in [5, 5.41) is 0. The van der Waals surface area contributed by atoms with E-state index in [0.29, 0.717) is 19.6 Å². The zero-order valence-corrected chi connectivity index (χ0v) is 12.1. The molecule has 0 bridgehead atoms. The first-order chi connectivity index (χ1) is 9.10. The Balaban J connectivity index is 2.78. The third-order valence-electron chi connectivity index (χ3n) is 2.97. The van der Waals surface area contributed by atoms with E-state index >= 15 is 0 Å². The largest absolute Gasteiger partial charge is 0.385 e. The summed E-state index contributed by atoms with van der Waals surface area (Å²) in [6, 6.07) is 7.98. The normalized spacial score (nSPS) is 10.8. The molecule has 0 spiro atoms. The van der Waals surface area contributed by atoms with Gasteiger partial charge in [-0.3, -0.25) is 4.79 Å². The van der Waals surface area contributed by atoms with Crippen molar-refractivity contribution in [2.24, 2.45) is 5.73 Å². The van der Waals surface area contributed by atoms with Gasteiger partial charge in [0.2, 0.25) is 5.91 Å². The summed E-state index contributed by atoms with van der Waals surface area (Å²) in [5.41, 5.74) is 7.58. The molecule has 0 atom stereocenters. The van der Waals surface area contributed by atoms with E-state index in [1.165, 1.54) is 0 Å². The second-order valence-corrected chi connectivity index (χ2v) is 4.82. The average Bonchev–Trinajstić information content (AvgIpc) is 2.39. The first kappa shape index (κ1) is 15.7. The highest BCUT2D eigenvalue weighted by Crippen LogP contribution is 2.19. The third kappa shape index (κ3) is 4.65. The molecule has 0 unspecified atom stereocenters. The molecule has 0 aliphatic carbocycles. The van der Waals surface area contributed by atoms with E-state index in [2.05, 4.69) is 0 Å². The van der Waals surface area contributed by atoms with Gasteiger partial charge in [-0.2, -0.15) is 0 Å². The van der Waals surface area contributed by atoms with Crippen LogP contribution in [0, 0.1) is 0 Å². The highest BCUT2D eigenvalue weighted by molar-refractivity contribution is 5.93. The highest BCUT2D eigenvalue weighted by atomic mass is 16.5. The summed E-state index contributed by atoms with van der Waals surface area (Å²) in [7, 11) is 1.65. The number of carbonyl (C=O) groups is 1.